The number of rotatable bonds is 5. The molecule has 1 saturated heterocycles. The summed E-state index contributed by atoms with van der Waals surface area (Å²) in [4.78, 5) is 16.8. The lowest BCUT2D eigenvalue weighted by Gasteiger charge is -2.36. The van der Waals surface area contributed by atoms with E-state index in [0.29, 0.717) is 25.9 Å². The molecule has 0 bridgehead atoms. The minimum Gasteiger partial charge on any atom is -0.368 e. The number of benzene rings is 2. The molecule has 1 fully saturated rings. The second kappa shape index (κ2) is 8.47. The number of hydrogen-bond donors (Lipinski definition) is 0. The number of amides is 1. The van der Waals surface area contributed by atoms with Gasteiger partial charge in [0, 0.05) is 49.4 Å². The minimum absolute atomic E-state index is 0.139. The second-order valence-corrected chi connectivity index (χ2v) is 7.40. The highest BCUT2D eigenvalue weighted by atomic mass is 19.1. The van der Waals surface area contributed by atoms with Gasteiger partial charge in [0.05, 0.1) is 0 Å². The average Bonchev–Trinajstić information content (AvgIpc) is 3.21. The monoisotopic (exact) mass is 393 g/mol. The lowest BCUT2D eigenvalue weighted by molar-refractivity contribution is -0.131. The highest BCUT2D eigenvalue weighted by molar-refractivity contribution is 5.77. The van der Waals surface area contributed by atoms with Crippen LogP contribution in [0.25, 0.3) is 11.3 Å². The van der Waals surface area contributed by atoms with E-state index in [1.165, 1.54) is 12.1 Å². The van der Waals surface area contributed by atoms with Crippen LogP contribution in [0.15, 0.2) is 59.3 Å². The Balaban J connectivity index is 1.32. The predicted molar refractivity (Wildman–Crippen MR) is 110 cm³/mol. The van der Waals surface area contributed by atoms with Crippen molar-refractivity contribution in [1.29, 1.82) is 0 Å². The molecule has 0 saturated carbocycles. The molecule has 1 aliphatic rings. The van der Waals surface area contributed by atoms with Crippen LogP contribution in [0.3, 0.4) is 0 Å². The molecule has 150 valence electrons. The van der Waals surface area contributed by atoms with Crippen LogP contribution in [0.5, 0.6) is 0 Å². The largest absolute Gasteiger partial charge is 0.368 e. The first-order valence-corrected chi connectivity index (χ1v) is 9.89. The van der Waals surface area contributed by atoms with E-state index in [1.54, 1.807) is 18.4 Å². The van der Waals surface area contributed by atoms with Crippen molar-refractivity contribution in [2.45, 2.75) is 19.8 Å². The predicted octanol–water partition coefficient (Wildman–Crippen LogP) is 4.07. The van der Waals surface area contributed by atoms with Gasteiger partial charge in [0.2, 0.25) is 5.91 Å². The molecule has 5 nitrogen and oxygen atoms in total. The maximum absolute atomic E-state index is 13.1. The summed E-state index contributed by atoms with van der Waals surface area (Å²) in [7, 11) is 0. The molecule has 2 aromatic carbocycles. The summed E-state index contributed by atoms with van der Waals surface area (Å²) in [6.07, 6.45) is 2.66. The Labute approximate surface area is 169 Å². The first-order chi connectivity index (χ1) is 14.1. The normalized spacial score (nSPS) is 14.3. The minimum atomic E-state index is -0.235. The van der Waals surface area contributed by atoms with Crippen molar-refractivity contribution in [2.75, 3.05) is 31.1 Å². The number of nitrogens with zero attached hydrogens (tertiary/aromatic N) is 3. The molecular weight excluding hydrogens is 369 g/mol. The smallest absolute Gasteiger partial charge is 0.223 e. The van der Waals surface area contributed by atoms with Gasteiger partial charge in [-0.3, -0.25) is 4.79 Å². The Morgan fingerprint density at radius 3 is 2.59 bits per heavy atom. The van der Waals surface area contributed by atoms with Crippen LogP contribution < -0.4 is 4.90 Å². The summed E-state index contributed by atoms with van der Waals surface area (Å²) < 4.78 is 18.3. The quantitative estimate of drug-likeness (QED) is 0.656. The SMILES string of the molecule is Cc1cccc(-c2nocc2CCC(=O)N2CCN(c3ccc(F)cc3)CC2)c1. The lowest BCUT2D eigenvalue weighted by atomic mass is 10.0. The van der Waals surface area contributed by atoms with Gasteiger partial charge in [-0.2, -0.15) is 0 Å². The molecule has 0 unspecified atom stereocenters. The average molecular weight is 393 g/mol. The number of anilines is 1. The van der Waals surface area contributed by atoms with Crippen molar-refractivity contribution in [1.82, 2.24) is 10.1 Å². The Morgan fingerprint density at radius 1 is 1.10 bits per heavy atom. The molecule has 2 heterocycles. The molecule has 1 aliphatic heterocycles. The van der Waals surface area contributed by atoms with Gasteiger partial charge < -0.3 is 14.3 Å². The molecule has 3 aromatic rings. The van der Waals surface area contributed by atoms with Crippen LogP contribution in [0.1, 0.15) is 17.5 Å². The zero-order chi connectivity index (χ0) is 20.2. The van der Waals surface area contributed by atoms with Gasteiger partial charge in [-0.15, -0.1) is 0 Å². The molecule has 0 radical (unpaired) electrons. The van der Waals surface area contributed by atoms with E-state index in [4.69, 9.17) is 4.52 Å². The summed E-state index contributed by atoms with van der Waals surface area (Å²) in [5.74, 6) is -0.0959. The topological polar surface area (TPSA) is 49.6 Å². The van der Waals surface area contributed by atoms with Crippen LogP contribution >= 0.6 is 0 Å². The van der Waals surface area contributed by atoms with E-state index in [9.17, 15) is 9.18 Å². The van der Waals surface area contributed by atoms with Crippen molar-refractivity contribution in [3.8, 4) is 11.3 Å². The van der Waals surface area contributed by atoms with Gasteiger partial charge in [0.25, 0.3) is 0 Å². The van der Waals surface area contributed by atoms with E-state index in [1.807, 2.05) is 30.0 Å². The number of aromatic nitrogens is 1. The van der Waals surface area contributed by atoms with Crippen LogP contribution in [0.2, 0.25) is 0 Å². The third-order valence-corrected chi connectivity index (χ3v) is 5.37. The third kappa shape index (κ3) is 4.47. The number of carbonyl (C=O) groups is 1. The zero-order valence-corrected chi connectivity index (χ0v) is 16.5. The van der Waals surface area contributed by atoms with Crippen LogP contribution in [0, 0.1) is 12.7 Å². The van der Waals surface area contributed by atoms with Gasteiger partial charge in [0.15, 0.2) is 0 Å². The maximum Gasteiger partial charge on any atom is 0.223 e. The van der Waals surface area contributed by atoms with E-state index in [2.05, 4.69) is 16.1 Å². The Bertz CT molecular complexity index is 976. The number of piperazine rings is 1. The molecule has 0 spiro atoms. The summed E-state index contributed by atoms with van der Waals surface area (Å²) in [6, 6.07) is 14.6. The highest BCUT2D eigenvalue weighted by Gasteiger charge is 2.22. The summed E-state index contributed by atoms with van der Waals surface area (Å²) in [5.41, 5.74) is 4.92. The first-order valence-electron chi connectivity index (χ1n) is 9.89. The van der Waals surface area contributed by atoms with Crippen molar-refractivity contribution in [2.24, 2.45) is 0 Å². The fourth-order valence-corrected chi connectivity index (χ4v) is 3.73. The Hall–Kier alpha value is -3.15. The summed E-state index contributed by atoms with van der Waals surface area (Å²) in [5, 5.41) is 4.13. The standard InChI is InChI=1S/C23H24FN3O2/c1-17-3-2-4-18(15-17)23-19(16-29-25-23)5-10-22(28)27-13-11-26(12-14-27)21-8-6-20(24)7-9-21/h2-4,6-9,15-16H,5,10-14H2,1H3. The van der Waals surface area contributed by atoms with Gasteiger partial charge >= 0.3 is 0 Å². The molecule has 1 amide bonds. The van der Waals surface area contributed by atoms with Crippen molar-refractivity contribution >= 4 is 11.6 Å². The second-order valence-electron chi connectivity index (χ2n) is 7.40. The summed E-state index contributed by atoms with van der Waals surface area (Å²) >= 11 is 0. The van der Waals surface area contributed by atoms with Crippen molar-refractivity contribution in [3.05, 3.63) is 71.7 Å². The van der Waals surface area contributed by atoms with E-state index in [-0.39, 0.29) is 11.7 Å². The van der Waals surface area contributed by atoms with E-state index < -0.39 is 0 Å². The van der Waals surface area contributed by atoms with Gasteiger partial charge in [-0.05, 0) is 43.7 Å². The number of carbonyl (C=O) groups excluding carboxylic acids is 1. The van der Waals surface area contributed by atoms with E-state index >= 15 is 0 Å². The maximum atomic E-state index is 13.1. The van der Waals surface area contributed by atoms with Crippen molar-refractivity contribution in [3.63, 3.8) is 0 Å². The van der Waals surface area contributed by atoms with Crippen LogP contribution in [-0.2, 0) is 11.2 Å². The highest BCUT2D eigenvalue weighted by Crippen LogP contribution is 2.24. The molecule has 29 heavy (non-hydrogen) atoms. The fourth-order valence-electron chi connectivity index (χ4n) is 3.73. The Kier molecular flexibility index (Phi) is 5.60. The first kappa shape index (κ1) is 19.2. The molecule has 1 aromatic heterocycles. The number of aryl methyl sites for hydroxylation is 2. The molecular formula is C23H24FN3O2. The summed E-state index contributed by atoms with van der Waals surface area (Å²) in [6.45, 7) is 4.88. The van der Waals surface area contributed by atoms with Gasteiger partial charge in [0.1, 0.15) is 17.8 Å². The number of hydrogen-bond acceptors (Lipinski definition) is 4. The lowest BCUT2D eigenvalue weighted by Crippen LogP contribution is -2.48. The zero-order valence-electron chi connectivity index (χ0n) is 16.5. The Morgan fingerprint density at radius 2 is 1.86 bits per heavy atom. The molecule has 0 aliphatic carbocycles. The van der Waals surface area contributed by atoms with Gasteiger partial charge in [-0.1, -0.05) is 28.9 Å². The van der Waals surface area contributed by atoms with Crippen LogP contribution in [0.4, 0.5) is 10.1 Å². The number of halogens is 1. The fraction of sp³-hybridized carbons (Fsp3) is 0.304. The third-order valence-electron chi connectivity index (χ3n) is 5.37. The van der Waals surface area contributed by atoms with Gasteiger partial charge in [-0.25, -0.2) is 4.39 Å². The van der Waals surface area contributed by atoms with Crippen LogP contribution in [-0.4, -0.2) is 42.1 Å². The molecule has 4 rings (SSSR count). The molecule has 0 N–H and O–H groups in total. The molecule has 0 atom stereocenters. The molecule has 6 heteroatoms. The van der Waals surface area contributed by atoms with E-state index in [0.717, 1.165) is 41.2 Å². The van der Waals surface area contributed by atoms with Crippen molar-refractivity contribution < 1.29 is 13.7 Å².